The van der Waals surface area contributed by atoms with Crippen LogP contribution in [0, 0.1) is 6.92 Å². The van der Waals surface area contributed by atoms with Crippen LogP contribution in [0.5, 0.6) is 0 Å². The first-order valence-corrected chi connectivity index (χ1v) is 5.99. The van der Waals surface area contributed by atoms with E-state index in [-0.39, 0.29) is 0 Å². The van der Waals surface area contributed by atoms with Crippen LogP contribution in [0.3, 0.4) is 0 Å². The van der Waals surface area contributed by atoms with Crippen LogP contribution in [0.1, 0.15) is 58.3 Å². The maximum atomic E-state index is 3.85. The molecule has 0 aromatic rings. The molecule has 0 fully saturated rings. The summed E-state index contributed by atoms with van der Waals surface area (Å²) in [5.74, 6) is 0. The molecule has 0 aliphatic carbocycles. The highest BCUT2D eigenvalue weighted by Crippen LogP contribution is 2.08. The molecule has 0 heteroatoms. The average Bonchev–Trinajstić information content (AvgIpc) is 2.21. The molecule has 14 heavy (non-hydrogen) atoms. The van der Waals surface area contributed by atoms with Gasteiger partial charge < -0.3 is 0 Å². The molecule has 0 saturated carbocycles. The highest BCUT2D eigenvalue weighted by atomic mass is 13.9. The topological polar surface area (TPSA) is 0 Å². The Morgan fingerprint density at radius 2 is 1.50 bits per heavy atom. The Morgan fingerprint density at radius 1 is 0.857 bits per heavy atom. The first-order valence-electron chi connectivity index (χ1n) is 5.99. The summed E-state index contributed by atoms with van der Waals surface area (Å²) in [5.41, 5.74) is 0. The van der Waals surface area contributed by atoms with Gasteiger partial charge in [0.25, 0.3) is 0 Å². The van der Waals surface area contributed by atoms with E-state index >= 15 is 0 Å². The lowest BCUT2D eigenvalue weighted by molar-refractivity contribution is 0.599. The quantitative estimate of drug-likeness (QED) is 0.354. The molecule has 0 N–H and O–H groups in total. The van der Waals surface area contributed by atoms with Crippen molar-refractivity contribution in [3.8, 4) is 0 Å². The van der Waals surface area contributed by atoms with Gasteiger partial charge in [0.2, 0.25) is 0 Å². The normalized spacial score (nSPS) is 11.9. The SMILES string of the molecule is [CH2]CCCCCCCCC=CC=CC. The summed E-state index contributed by atoms with van der Waals surface area (Å²) in [6.07, 6.45) is 19.1. The van der Waals surface area contributed by atoms with Crippen LogP contribution >= 0.6 is 0 Å². The number of hydrogen-bond donors (Lipinski definition) is 0. The summed E-state index contributed by atoms with van der Waals surface area (Å²) in [6.45, 7) is 5.89. The van der Waals surface area contributed by atoms with E-state index in [2.05, 4.69) is 31.2 Å². The monoisotopic (exact) mass is 193 g/mol. The van der Waals surface area contributed by atoms with Gasteiger partial charge in [-0.3, -0.25) is 0 Å². The molecule has 0 heterocycles. The van der Waals surface area contributed by atoms with E-state index in [4.69, 9.17) is 0 Å². The van der Waals surface area contributed by atoms with E-state index < -0.39 is 0 Å². The lowest BCUT2D eigenvalue weighted by atomic mass is 10.1. The fourth-order valence-electron chi connectivity index (χ4n) is 1.43. The van der Waals surface area contributed by atoms with Gasteiger partial charge in [0, 0.05) is 0 Å². The standard InChI is InChI=1S/C14H25/c1-3-5-7-9-11-13-14-12-10-8-6-4-2/h4,6,8,10H,1,3,5,7,9,11-14H2,2H3. The third kappa shape index (κ3) is 11.5. The van der Waals surface area contributed by atoms with Gasteiger partial charge in [0.1, 0.15) is 0 Å². The van der Waals surface area contributed by atoms with Crippen LogP contribution in [-0.2, 0) is 0 Å². The molecule has 0 amide bonds. The highest BCUT2D eigenvalue weighted by Gasteiger charge is 1.88. The van der Waals surface area contributed by atoms with Gasteiger partial charge in [-0.15, -0.1) is 0 Å². The molecule has 0 aliphatic heterocycles. The van der Waals surface area contributed by atoms with Gasteiger partial charge in [-0.2, -0.15) is 0 Å². The van der Waals surface area contributed by atoms with Gasteiger partial charge in [-0.05, 0) is 19.8 Å². The summed E-state index contributed by atoms with van der Waals surface area (Å²) in [6, 6.07) is 0. The average molecular weight is 193 g/mol. The fraction of sp³-hybridized carbons (Fsp3) is 0.643. The third-order valence-corrected chi connectivity index (χ3v) is 2.31. The van der Waals surface area contributed by atoms with Crippen LogP contribution in [0.15, 0.2) is 24.3 Å². The summed E-state index contributed by atoms with van der Waals surface area (Å²) in [4.78, 5) is 0. The van der Waals surface area contributed by atoms with Crippen LogP contribution in [0.2, 0.25) is 0 Å². The zero-order valence-electron chi connectivity index (χ0n) is 9.67. The van der Waals surface area contributed by atoms with Crippen LogP contribution in [-0.4, -0.2) is 0 Å². The van der Waals surface area contributed by atoms with E-state index in [0.29, 0.717) is 0 Å². The third-order valence-electron chi connectivity index (χ3n) is 2.31. The Labute approximate surface area is 90.1 Å². The van der Waals surface area contributed by atoms with Crippen LogP contribution < -0.4 is 0 Å². The van der Waals surface area contributed by atoms with Crippen molar-refractivity contribution >= 4 is 0 Å². The van der Waals surface area contributed by atoms with E-state index in [9.17, 15) is 0 Å². The second-order valence-electron chi connectivity index (χ2n) is 3.72. The molecule has 0 unspecified atom stereocenters. The Bertz CT molecular complexity index is 142. The van der Waals surface area contributed by atoms with Crippen molar-refractivity contribution in [3.05, 3.63) is 31.2 Å². The first-order chi connectivity index (χ1) is 6.91. The lowest BCUT2D eigenvalue weighted by Crippen LogP contribution is -1.78. The molecule has 0 aliphatic rings. The molecule has 1 radical (unpaired) electrons. The zero-order chi connectivity index (χ0) is 10.5. The fourth-order valence-corrected chi connectivity index (χ4v) is 1.43. The molecule has 0 rings (SSSR count). The van der Waals surface area contributed by atoms with Crippen molar-refractivity contribution < 1.29 is 0 Å². The molecule has 0 aromatic heterocycles. The minimum Gasteiger partial charge on any atom is -0.0877 e. The van der Waals surface area contributed by atoms with Gasteiger partial charge in [-0.25, -0.2) is 0 Å². The number of rotatable bonds is 9. The lowest BCUT2D eigenvalue weighted by Gasteiger charge is -1.98. The van der Waals surface area contributed by atoms with E-state index in [1.807, 2.05) is 6.92 Å². The van der Waals surface area contributed by atoms with Gasteiger partial charge in [0.15, 0.2) is 0 Å². The second kappa shape index (κ2) is 12.5. The molecule has 81 valence electrons. The maximum Gasteiger partial charge on any atom is -0.0348 e. The molecular formula is C14H25. The summed E-state index contributed by atoms with van der Waals surface area (Å²) < 4.78 is 0. The number of unbranched alkanes of at least 4 members (excludes halogenated alkanes) is 7. The minimum absolute atomic E-state index is 1.10. The van der Waals surface area contributed by atoms with Gasteiger partial charge in [0.05, 0.1) is 0 Å². The van der Waals surface area contributed by atoms with E-state index in [1.54, 1.807) is 0 Å². The van der Waals surface area contributed by atoms with E-state index in [0.717, 1.165) is 6.42 Å². The summed E-state index contributed by atoms with van der Waals surface area (Å²) in [7, 11) is 0. The Kier molecular flexibility index (Phi) is 12.0. The number of hydrogen-bond acceptors (Lipinski definition) is 0. The molecular weight excluding hydrogens is 168 g/mol. The Hall–Kier alpha value is -0.520. The Balaban J connectivity index is 2.98. The van der Waals surface area contributed by atoms with Crippen molar-refractivity contribution in [3.63, 3.8) is 0 Å². The van der Waals surface area contributed by atoms with Crippen molar-refractivity contribution in [1.82, 2.24) is 0 Å². The van der Waals surface area contributed by atoms with Crippen molar-refractivity contribution in [2.75, 3.05) is 0 Å². The Morgan fingerprint density at radius 3 is 2.14 bits per heavy atom. The molecule has 0 bridgehead atoms. The summed E-state index contributed by atoms with van der Waals surface area (Å²) in [5, 5.41) is 0. The van der Waals surface area contributed by atoms with E-state index in [1.165, 1.54) is 44.9 Å². The molecule has 0 atom stereocenters. The van der Waals surface area contributed by atoms with Crippen molar-refractivity contribution in [1.29, 1.82) is 0 Å². The predicted octanol–water partition coefficient (Wildman–Crippen LogP) is 5.07. The smallest absolute Gasteiger partial charge is 0.0348 e. The van der Waals surface area contributed by atoms with Crippen LogP contribution in [0.4, 0.5) is 0 Å². The molecule has 0 spiro atoms. The molecule has 0 aromatic carbocycles. The largest absolute Gasteiger partial charge is 0.0877 e. The minimum atomic E-state index is 1.10. The summed E-state index contributed by atoms with van der Waals surface area (Å²) >= 11 is 0. The van der Waals surface area contributed by atoms with Crippen molar-refractivity contribution in [2.45, 2.75) is 58.3 Å². The highest BCUT2D eigenvalue weighted by molar-refractivity contribution is 5.00. The predicted molar refractivity (Wildman–Crippen MR) is 66.2 cm³/mol. The number of allylic oxidation sites excluding steroid dienone is 4. The van der Waals surface area contributed by atoms with Crippen molar-refractivity contribution in [2.24, 2.45) is 0 Å². The maximum absolute atomic E-state index is 3.85. The second-order valence-corrected chi connectivity index (χ2v) is 3.72. The molecule has 0 saturated heterocycles. The van der Waals surface area contributed by atoms with Gasteiger partial charge in [-0.1, -0.05) is 69.8 Å². The van der Waals surface area contributed by atoms with Gasteiger partial charge >= 0.3 is 0 Å². The zero-order valence-corrected chi connectivity index (χ0v) is 9.67. The molecule has 0 nitrogen and oxygen atoms in total. The van der Waals surface area contributed by atoms with Crippen LogP contribution in [0.25, 0.3) is 0 Å². The first kappa shape index (κ1) is 13.5.